The highest BCUT2D eigenvalue weighted by atomic mass is 35.5. The molecule has 28 heavy (non-hydrogen) atoms. The molecule has 152 valence electrons. The Morgan fingerprint density at radius 3 is 2.61 bits per heavy atom. The number of carbonyl (C=O) groups excluding carboxylic acids is 1. The molecule has 0 aliphatic carbocycles. The summed E-state index contributed by atoms with van der Waals surface area (Å²) in [6.45, 7) is 4.37. The van der Waals surface area contributed by atoms with E-state index in [0.29, 0.717) is 18.1 Å². The maximum atomic E-state index is 14.3. The van der Waals surface area contributed by atoms with Crippen molar-refractivity contribution in [2.75, 3.05) is 18.5 Å². The van der Waals surface area contributed by atoms with Crippen molar-refractivity contribution < 1.29 is 22.3 Å². The third-order valence-electron chi connectivity index (χ3n) is 3.65. The number of hydrogen-bond donors (Lipinski definition) is 2. The Kier molecular flexibility index (Phi) is 7.94. The van der Waals surface area contributed by atoms with Crippen LogP contribution in [0.15, 0.2) is 47.4 Å². The second-order valence-electron chi connectivity index (χ2n) is 6.28. The van der Waals surface area contributed by atoms with E-state index in [4.69, 9.17) is 16.3 Å². The normalized spacial score (nSPS) is 11.6. The van der Waals surface area contributed by atoms with Crippen molar-refractivity contribution in [1.82, 2.24) is 4.72 Å². The van der Waals surface area contributed by atoms with Crippen molar-refractivity contribution in [1.29, 1.82) is 0 Å². The fourth-order valence-corrected chi connectivity index (χ4v) is 3.55. The molecule has 1 amide bonds. The molecule has 0 unspecified atom stereocenters. The fraction of sp³-hybridized carbons (Fsp3) is 0.316. The van der Waals surface area contributed by atoms with Crippen molar-refractivity contribution in [3.05, 3.63) is 58.9 Å². The first kappa shape index (κ1) is 22.3. The van der Waals surface area contributed by atoms with Gasteiger partial charge in [0, 0.05) is 23.7 Å². The molecule has 0 aliphatic rings. The number of carbonyl (C=O) groups is 1. The van der Waals surface area contributed by atoms with Gasteiger partial charge in [0.15, 0.2) is 0 Å². The average molecular weight is 429 g/mol. The highest BCUT2D eigenvalue weighted by Crippen LogP contribution is 2.20. The second kappa shape index (κ2) is 9.97. The van der Waals surface area contributed by atoms with Crippen LogP contribution < -0.4 is 10.0 Å². The van der Waals surface area contributed by atoms with Crippen LogP contribution in [0.2, 0.25) is 5.02 Å². The van der Waals surface area contributed by atoms with E-state index in [1.165, 1.54) is 24.3 Å². The van der Waals surface area contributed by atoms with Gasteiger partial charge in [0.1, 0.15) is 5.82 Å². The van der Waals surface area contributed by atoms with E-state index in [1.54, 1.807) is 12.1 Å². The first-order chi connectivity index (χ1) is 13.2. The van der Waals surface area contributed by atoms with Crippen LogP contribution >= 0.6 is 11.6 Å². The Morgan fingerprint density at radius 1 is 1.21 bits per heavy atom. The van der Waals surface area contributed by atoms with Crippen molar-refractivity contribution >= 4 is 33.2 Å². The maximum absolute atomic E-state index is 14.3. The van der Waals surface area contributed by atoms with Crippen LogP contribution in [0.3, 0.4) is 0 Å². The number of benzene rings is 2. The zero-order chi connectivity index (χ0) is 20.7. The van der Waals surface area contributed by atoms with Gasteiger partial charge >= 0.3 is 0 Å². The zero-order valence-electron chi connectivity index (χ0n) is 15.5. The van der Waals surface area contributed by atoms with Crippen LogP contribution in [-0.2, 0) is 14.8 Å². The highest BCUT2D eigenvalue weighted by molar-refractivity contribution is 7.89. The summed E-state index contributed by atoms with van der Waals surface area (Å²) >= 11 is 5.84. The number of anilines is 1. The maximum Gasteiger partial charge on any atom is 0.255 e. The van der Waals surface area contributed by atoms with Crippen molar-refractivity contribution in [2.45, 2.75) is 31.3 Å². The minimum Gasteiger partial charge on any atom is -0.379 e. The molecule has 2 N–H and O–H groups in total. The number of halogens is 2. The summed E-state index contributed by atoms with van der Waals surface area (Å²) in [6, 6.07) is 9.48. The molecule has 0 aromatic heterocycles. The minimum absolute atomic E-state index is 0.0698. The van der Waals surface area contributed by atoms with Crippen molar-refractivity contribution in [3.63, 3.8) is 0 Å². The Morgan fingerprint density at radius 2 is 1.96 bits per heavy atom. The molecule has 0 bridgehead atoms. The lowest BCUT2D eigenvalue weighted by Gasteiger charge is -2.11. The molecule has 0 saturated heterocycles. The Hall–Kier alpha value is -2.00. The SMILES string of the molecule is CC(C)OCCCNS(=O)(=O)c1ccc(NC(=O)c2cccc(Cl)c2)c(F)c1. The number of nitrogens with one attached hydrogen (secondary N) is 2. The molecule has 2 aromatic carbocycles. The van der Waals surface area contributed by atoms with Gasteiger partial charge in [-0.15, -0.1) is 0 Å². The first-order valence-corrected chi connectivity index (χ1v) is 10.5. The van der Waals surface area contributed by atoms with Gasteiger partial charge in [-0.25, -0.2) is 17.5 Å². The summed E-state index contributed by atoms with van der Waals surface area (Å²) in [5.74, 6) is -1.42. The van der Waals surface area contributed by atoms with Gasteiger partial charge in [-0.2, -0.15) is 0 Å². The summed E-state index contributed by atoms with van der Waals surface area (Å²) in [7, 11) is -3.86. The van der Waals surface area contributed by atoms with E-state index >= 15 is 0 Å². The first-order valence-electron chi connectivity index (χ1n) is 8.67. The van der Waals surface area contributed by atoms with E-state index in [2.05, 4.69) is 10.0 Å². The fourth-order valence-electron chi connectivity index (χ4n) is 2.27. The average Bonchev–Trinajstić information content (AvgIpc) is 2.62. The van der Waals surface area contributed by atoms with E-state index in [1.807, 2.05) is 13.8 Å². The molecule has 0 fully saturated rings. The van der Waals surface area contributed by atoms with Gasteiger partial charge in [-0.1, -0.05) is 17.7 Å². The van der Waals surface area contributed by atoms with Gasteiger partial charge in [0.2, 0.25) is 10.0 Å². The van der Waals surface area contributed by atoms with Crippen LogP contribution in [0.1, 0.15) is 30.6 Å². The third-order valence-corrected chi connectivity index (χ3v) is 5.34. The molecule has 0 atom stereocenters. The van der Waals surface area contributed by atoms with E-state index in [0.717, 1.165) is 6.07 Å². The molecule has 2 rings (SSSR count). The lowest BCUT2D eigenvalue weighted by atomic mass is 10.2. The van der Waals surface area contributed by atoms with Gasteiger partial charge in [-0.3, -0.25) is 4.79 Å². The number of rotatable bonds is 9. The number of hydrogen-bond acceptors (Lipinski definition) is 4. The van der Waals surface area contributed by atoms with E-state index in [-0.39, 0.29) is 28.8 Å². The van der Waals surface area contributed by atoms with Crippen LogP contribution in [0.5, 0.6) is 0 Å². The smallest absolute Gasteiger partial charge is 0.255 e. The highest BCUT2D eigenvalue weighted by Gasteiger charge is 2.17. The number of amides is 1. The summed E-state index contributed by atoms with van der Waals surface area (Å²) in [6.07, 6.45) is 0.564. The quantitative estimate of drug-likeness (QED) is 0.594. The topological polar surface area (TPSA) is 84.5 Å². The van der Waals surface area contributed by atoms with E-state index < -0.39 is 21.7 Å². The van der Waals surface area contributed by atoms with Gasteiger partial charge in [0.05, 0.1) is 16.7 Å². The van der Waals surface area contributed by atoms with E-state index in [9.17, 15) is 17.6 Å². The lowest BCUT2D eigenvalue weighted by molar-refractivity contribution is 0.0778. The Balaban J connectivity index is 2.01. The predicted molar refractivity (Wildman–Crippen MR) is 107 cm³/mol. The van der Waals surface area contributed by atoms with Crippen LogP contribution in [0, 0.1) is 5.82 Å². The molecule has 0 spiro atoms. The lowest BCUT2D eigenvalue weighted by Crippen LogP contribution is -2.26. The van der Waals surface area contributed by atoms with Crippen LogP contribution in [0.25, 0.3) is 0 Å². The molecule has 0 aliphatic heterocycles. The van der Waals surface area contributed by atoms with Gasteiger partial charge in [-0.05, 0) is 56.7 Å². The number of sulfonamides is 1. The summed E-state index contributed by atoms with van der Waals surface area (Å²) < 4.78 is 46.5. The second-order valence-corrected chi connectivity index (χ2v) is 8.48. The molecule has 9 heteroatoms. The Bertz CT molecular complexity index is 935. The van der Waals surface area contributed by atoms with Crippen LogP contribution in [-0.4, -0.2) is 33.6 Å². The molecular formula is C19H22ClFN2O4S. The predicted octanol–water partition coefficient (Wildman–Crippen LogP) is 3.82. The van der Waals surface area contributed by atoms with Gasteiger partial charge < -0.3 is 10.1 Å². The number of ether oxygens (including phenoxy) is 1. The minimum atomic E-state index is -3.86. The molecule has 0 radical (unpaired) electrons. The van der Waals surface area contributed by atoms with Crippen LogP contribution in [0.4, 0.5) is 10.1 Å². The largest absolute Gasteiger partial charge is 0.379 e. The summed E-state index contributed by atoms with van der Waals surface area (Å²) in [5, 5.41) is 2.77. The molecule has 6 nitrogen and oxygen atoms in total. The molecule has 0 heterocycles. The monoisotopic (exact) mass is 428 g/mol. The summed E-state index contributed by atoms with van der Waals surface area (Å²) in [4.78, 5) is 11.9. The zero-order valence-corrected chi connectivity index (χ0v) is 17.1. The Labute approximate surface area is 169 Å². The van der Waals surface area contributed by atoms with Crippen molar-refractivity contribution in [2.24, 2.45) is 0 Å². The van der Waals surface area contributed by atoms with Gasteiger partial charge in [0.25, 0.3) is 5.91 Å². The standard InChI is InChI=1S/C19H22ClFN2O4S/c1-13(2)27-10-4-9-22-28(25,26)16-7-8-18(17(21)12-16)23-19(24)14-5-3-6-15(20)11-14/h3,5-8,11-13,22H,4,9-10H2,1-2H3,(H,23,24). The molecular weight excluding hydrogens is 407 g/mol. The molecule has 0 saturated carbocycles. The third kappa shape index (κ3) is 6.56. The van der Waals surface area contributed by atoms with Crippen molar-refractivity contribution in [3.8, 4) is 0 Å². The summed E-state index contributed by atoms with van der Waals surface area (Å²) in [5.41, 5.74) is 0.128. The molecule has 2 aromatic rings.